The Hall–Kier alpha value is -2.49. The Morgan fingerprint density at radius 3 is 2.23 bits per heavy atom. The summed E-state index contributed by atoms with van der Waals surface area (Å²) in [6.45, 7) is -9.93. The van der Waals surface area contributed by atoms with E-state index in [1.807, 2.05) is 0 Å². The van der Waals surface area contributed by atoms with Crippen LogP contribution in [0.3, 0.4) is 0 Å². The predicted octanol–water partition coefficient (Wildman–Crippen LogP) is 0.928. The molecule has 0 bridgehead atoms. The summed E-state index contributed by atoms with van der Waals surface area (Å²) < 4.78 is 78.8. The number of nitrogens with zero attached hydrogens (tertiary/aromatic N) is 7. The van der Waals surface area contributed by atoms with E-state index in [1.54, 1.807) is 0 Å². The lowest BCUT2D eigenvalue weighted by molar-refractivity contribution is -0.0555. The number of aliphatic hydroxyl groups excluding tert-OH is 1. The zero-order valence-electron chi connectivity index (χ0n) is 21.8. The first-order valence-corrected chi connectivity index (χ1v) is 18.1. The minimum Gasteiger partial charge on any atom is -0.386 e. The van der Waals surface area contributed by atoms with E-state index in [-0.39, 0.29) is 28.1 Å². The number of ether oxygens (including phenoxy) is 2. The monoisotopic (exact) mass is 693 g/mol. The van der Waals surface area contributed by atoms with Crippen LogP contribution in [0, 0.1) is 0 Å². The number of aliphatic hydroxyl groups is 1. The number of hydrogen-bond acceptors (Lipinski definition) is 16. The minimum absolute atomic E-state index is 0.00137. The fourth-order valence-electron chi connectivity index (χ4n) is 5.20. The molecule has 7 rings (SSSR count). The molecule has 3 fully saturated rings. The number of halogens is 1. The molecule has 3 aliphatic heterocycles. The molecule has 6 unspecified atom stereocenters. The van der Waals surface area contributed by atoms with Crippen LogP contribution in [0.25, 0.3) is 22.3 Å². The van der Waals surface area contributed by atoms with Gasteiger partial charge in [-0.1, -0.05) is 24.5 Å². The summed E-state index contributed by atoms with van der Waals surface area (Å²) in [5.41, 5.74) is 5.67. The lowest BCUT2D eigenvalue weighted by Gasteiger charge is -2.28. The molecule has 3 aliphatic rings. The molecule has 4 aromatic heterocycles. The van der Waals surface area contributed by atoms with Crippen molar-refractivity contribution in [3.05, 3.63) is 35.7 Å². The van der Waals surface area contributed by atoms with E-state index in [9.17, 15) is 19.0 Å². The van der Waals surface area contributed by atoms with Gasteiger partial charge in [0.15, 0.2) is 41.3 Å². The summed E-state index contributed by atoms with van der Waals surface area (Å²) in [5, 5.41) is 11.2. The van der Waals surface area contributed by atoms with Crippen molar-refractivity contribution >= 4 is 66.2 Å². The van der Waals surface area contributed by atoms with Crippen LogP contribution in [-0.4, -0.2) is 94.0 Å². The number of hydrogen-bond donors (Lipinski definition) is 5. The number of nitrogens with two attached hydrogens (primary N) is 1. The second kappa shape index (κ2) is 11.1. The number of anilines is 1. The molecule has 0 radical (unpaired) electrons. The molecule has 4 N–H and O–H groups in total. The summed E-state index contributed by atoms with van der Waals surface area (Å²) in [6, 6.07) is 0. The second-order valence-electron chi connectivity index (χ2n) is 9.87. The Labute approximate surface area is 255 Å². The number of aromatic nitrogens is 8. The van der Waals surface area contributed by atoms with Gasteiger partial charge in [0.05, 0.1) is 32.2 Å². The third-order valence-corrected chi connectivity index (χ3v) is 10.4. The first-order chi connectivity index (χ1) is 20.9. The molecule has 0 spiro atoms. The Bertz CT molecular complexity index is 1900. The van der Waals surface area contributed by atoms with E-state index in [4.69, 9.17) is 33.3 Å². The number of imidazole rings is 2. The van der Waals surface area contributed by atoms with Crippen molar-refractivity contribution in [1.82, 2.24) is 39.0 Å². The zero-order chi connectivity index (χ0) is 31.0. The largest absolute Gasteiger partial charge is 0.386 e. The number of nitrogen functional groups attached to an aromatic ring is 1. The van der Waals surface area contributed by atoms with Crippen LogP contribution in [0.2, 0.25) is 0 Å². The zero-order valence-corrected chi connectivity index (χ0v) is 25.4. The highest BCUT2D eigenvalue weighted by Gasteiger charge is 2.54. The summed E-state index contributed by atoms with van der Waals surface area (Å²) in [6.07, 6.45) is -7.24. The SMILES string of the molecule is Nc1ncnc2c1ncn2C1OC2COP(=O)(S)O[C@@H]3C(COP(=O)(S)O[C@H]2[C@H]1O)OC(n1cnc2c(=O)[nH]cnc21)[C@@H]3F. The van der Waals surface area contributed by atoms with Gasteiger partial charge in [-0.3, -0.25) is 32.0 Å². The van der Waals surface area contributed by atoms with Gasteiger partial charge in [-0.05, 0) is 0 Å². The van der Waals surface area contributed by atoms with E-state index >= 15 is 4.39 Å². The molecule has 10 atom stereocenters. The van der Waals surface area contributed by atoms with E-state index < -0.39 is 81.5 Å². The highest BCUT2D eigenvalue weighted by atomic mass is 32.7. The van der Waals surface area contributed by atoms with Gasteiger partial charge < -0.3 is 25.3 Å². The van der Waals surface area contributed by atoms with Crippen LogP contribution in [0.5, 0.6) is 0 Å². The summed E-state index contributed by atoms with van der Waals surface area (Å²) in [4.78, 5) is 34.6. The van der Waals surface area contributed by atoms with E-state index in [0.717, 1.165) is 17.2 Å². The molecule has 0 aromatic carbocycles. The lowest BCUT2D eigenvalue weighted by Crippen LogP contribution is -2.37. The second-order valence-corrected chi connectivity index (χ2v) is 15.6. The van der Waals surface area contributed by atoms with Gasteiger partial charge in [0, 0.05) is 0 Å². The maximum atomic E-state index is 15.9. The molecule has 44 heavy (non-hydrogen) atoms. The molecule has 24 heteroatoms. The Morgan fingerprint density at radius 1 is 0.909 bits per heavy atom. The maximum Gasteiger partial charge on any atom is 0.386 e. The average Bonchev–Trinajstić information content (AvgIpc) is 3.73. The van der Waals surface area contributed by atoms with Crippen molar-refractivity contribution in [2.45, 2.75) is 49.1 Å². The van der Waals surface area contributed by atoms with Gasteiger partial charge >= 0.3 is 13.6 Å². The molecule has 4 aromatic rings. The van der Waals surface area contributed by atoms with E-state index in [1.165, 1.54) is 17.2 Å². The Kier molecular flexibility index (Phi) is 7.61. The Morgan fingerprint density at radius 2 is 1.50 bits per heavy atom. The Balaban J connectivity index is 1.17. The highest BCUT2D eigenvalue weighted by molar-refractivity contribution is 8.44. The van der Waals surface area contributed by atoms with Crippen LogP contribution in [0.15, 0.2) is 30.1 Å². The highest BCUT2D eigenvalue weighted by Crippen LogP contribution is 2.60. The van der Waals surface area contributed by atoms with Gasteiger partial charge in [-0.25, -0.2) is 38.4 Å². The summed E-state index contributed by atoms with van der Waals surface area (Å²) in [7, 11) is 0. The van der Waals surface area contributed by atoms with Crippen molar-refractivity contribution in [1.29, 1.82) is 0 Å². The molecular formula is C20H22FN9O10P2S2. The van der Waals surface area contributed by atoms with Crippen LogP contribution in [-0.2, 0) is 36.7 Å². The fourth-order valence-corrected chi connectivity index (χ4v) is 8.17. The summed E-state index contributed by atoms with van der Waals surface area (Å²) >= 11 is 8.03. The van der Waals surface area contributed by atoms with E-state index in [0.29, 0.717) is 0 Å². The lowest BCUT2D eigenvalue weighted by atomic mass is 10.1. The van der Waals surface area contributed by atoms with Crippen molar-refractivity contribution in [3.63, 3.8) is 0 Å². The molecular weight excluding hydrogens is 671 g/mol. The molecule has 236 valence electrons. The smallest absolute Gasteiger partial charge is 0.386 e. The predicted molar refractivity (Wildman–Crippen MR) is 151 cm³/mol. The molecule has 0 amide bonds. The maximum absolute atomic E-state index is 15.9. The number of H-pyrrole nitrogens is 1. The van der Waals surface area contributed by atoms with Crippen molar-refractivity contribution in [2.24, 2.45) is 0 Å². The van der Waals surface area contributed by atoms with Crippen LogP contribution in [0.4, 0.5) is 10.2 Å². The van der Waals surface area contributed by atoms with Crippen molar-refractivity contribution in [3.8, 4) is 0 Å². The summed E-state index contributed by atoms with van der Waals surface area (Å²) in [5.74, 6) is 0.0843. The minimum atomic E-state index is -4.37. The first kappa shape index (κ1) is 30.2. The number of aromatic amines is 1. The molecule has 0 aliphatic carbocycles. The topological polar surface area (TPSA) is 243 Å². The van der Waals surface area contributed by atoms with Crippen molar-refractivity contribution in [2.75, 3.05) is 18.9 Å². The average molecular weight is 694 g/mol. The van der Waals surface area contributed by atoms with Gasteiger partial charge in [-0.2, -0.15) is 0 Å². The van der Waals surface area contributed by atoms with Gasteiger partial charge in [-0.15, -0.1) is 0 Å². The van der Waals surface area contributed by atoms with Gasteiger partial charge in [0.1, 0.15) is 42.4 Å². The molecule has 0 saturated carbocycles. The normalized spacial score (nSPS) is 38.3. The van der Waals surface area contributed by atoms with E-state index in [2.05, 4.69) is 54.4 Å². The molecule has 19 nitrogen and oxygen atoms in total. The number of thiol groups is 2. The van der Waals surface area contributed by atoms with Crippen LogP contribution < -0.4 is 11.3 Å². The number of rotatable bonds is 2. The first-order valence-electron chi connectivity index (χ1n) is 12.7. The molecule has 3 saturated heterocycles. The van der Waals surface area contributed by atoms with Gasteiger partial charge in [0.25, 0.3) is 5.56 Å². The standard InChI is InChI=1S/C20H22FN9O10P2S2/c21-9-13-7(37-19(9)29-6-28-11-17(29)25-4-26-18(11)32)1-35-42(34,44)40-14-8(2-36-41(33,43)39-13)38-20(12(14)31)30-5-27-10-15(22)23-3-24-16(10)30/h3-9,12-14,19-20,31H,1-2H2,(H,33,43)(H,34,44)(H2,22,23,24)(H,25,26,32)/t7?,8?,9-,12-,13-,14-,19?,20?,41?,42?/m1/s1. The number of nitrogens with one attached hydrogen (secondary N) is 1. The van der Waals surface area contributed by atoms with Gasteiger partial charge in [0.2, 0.25) is 0 Å². The quantitative estimate of drug-likeness (QED) is 0.145. The number of fused-ring (bicyclic) bond motifs is 4. The third kappa shape index (κ3) is 5.26. The van der Waals surface area contributed by atoms with Crippen molar-refractivity contribution < 1.29 is 46.2 Å². The fraction of sp³-hybridized carbons (Fsp3) is 0.500. The molecule has 7 heterocycles. The third-order valence-electron chi connectivity index (χ3n) is 7.19. The van der Waals surface area contributed by atoms with Crippen LogP contribution >= 0.6 is 38.1 Å². The van der Waals surface area contributed by atoms with Crippen LogP contribution in [0.1, 0.15) is 12.5 Å². The number of alkyl halides is 1.